The summed E-state index contributed by atoms with van der Waals surface area (Å²) in [5.41, 5.74) is 1.33. The van der Waals surface area contributed by atoms with Crippen LogP contribution in [0.2, 0.25) is 0 Å². The Labute approximate surface area is 76.4 Å². The Morgan fingerprint density at radius 2 is 2.00 bits per heavy atom. The SMILES string of the molecule is C.Cc1[nH]c(=O)nc2ccccc12. The van der Waals surface area contributed by atoms with Crippen molar-refractivity contribution in [2.24, 2.45) is 0 Å². The van der Waals surface area contributed by atoms with Crippen LogP contribution in [0.1, 0.15) is 13.1 Å². The summed E-state index contributed by atoms with van der Waals surface area (Å²) in [5.74, 6) is 0. The molecule has 13 heavy (non-hydrogen) atoms. The quantitative estimate of drug-likeness (QED) is 0.666. The molecule has 1 aromatic carbocycles. The van der Waals surface area contributed by atoms with Crippen LogP contribution in [-0.2, 0) is 0 Å². The van der Waals surface area contributed by atoms with E-state index in [2.05, 4.69) is 9.97 Å². The molecule has 3 heteroatoms. The van der Waals surface area contributed by atoms with E-state index < -0.39 is 0 Å². The first kappa shape index (κ1) is 9.45. The van der Waals surface area contributed by atoms with Crippen LogP contribution in [0, 0.1) is 6.92 Å². The molecule has 68 valence electrons. The maximum absolute atomic E-state index is 10.9. The average molecular weight is 176 g/mol. The fourth-order valence-electron chi connectivity index (χ4n) is 1.25. The van der Waals surface area contributed by atoms with Crippen molar-refractivity contribution in [1.82, 2.24) is 9.97 Å². The molecule has 0 spiro atoms. The van der Waals surface area contributed by atoms with Crippen molar-refractivity contribution in [2.45, 2.75) is 14.4 Å². The van der Waals surface area contributed by atoms with E-state index in [0.29, 0.717) is 0 Å². The molecule has 0 aliphatic carbocycles. The van der Waals surface area contributed by atoms with Crippen LogP contribution >= 0.6 is 0 Å². The number of aromatic nitrogens is 2. The van der Waals surface area contributed by atoms with Crippen LogP contribution < -0.4 is 5.69 Å². The predicted molar refractivity (Wildman–Crippen MR) is 53.8 cm³/mol. The van der Waals surface area contributed by atoms with E-state index in [1.807, 2.05) is 31.2 Å². The van der Waals surface area contributed by atoms with Crippen LogP contribution in [0.5, 0.6) is 0 Å². The third kappa shape index (κ3) is 1.59. The Kier molecular flexibility index (Phi) is 2.46. The first-order chi connectivity index (χ1) is 5.77. The van der Waals surface area contributed by atoms with Gasteiger partial charge in [-0.1, -0.05) is 25.6 Å². The van der Waals surface area contributed by atoms with E-state index in [1.165, 1.54) is 0 Å². The lowest BCUT2D eigenvalue weighted by molar-refractivity contribution is 1.07. The van der Waals surface area contributed by atoms with Gasteiger partial charge in [0.15, 0.2) is 0 Å². The number of nitrogens with zero attached hydrogens (tertiary/aromatic N) is 1. The van der Waals surface area contributed by atoms with Crippen LogP contribution in [0.15, 0.2) is 29.1 Å². The van der Waals surface area contributed by atoms with E-state index in [0.717, 1.165) is 16.6 Å². The van der Waals surface area contributed by atoms with Gasteiger partial charge in [-0.05, 0) is 13.0 Å². The number of para-hydroxylation sites is 1. The Morgan fingerprint density at radius 1 is 1.31 bits per heavy atom. The number of rotatable bonds is 0. The minimum Gasteiger partial charge on any atom is -0.309 e. The highest BCUT2D eigenvalue weighted by atomic mass is 16.1. The molecule has 2 rings (SSSR count). The number of nitrogens with one attached hydrogen (secondary N) is 1. The molecule has 3 nitrogen and oxygen atoms in total. The zero-order valence-corrected chi connectivity index (χ0v) is 6.66. The predicted octanol–water partition coefficient (Wildman–Crippen LogP) is 1.87. The minimum atomic E-state index is -0.286. The van der Waals surface area contributed by atoms with Crippen molar-refractivity contribution in [3.05, 3.63) is 40.4 Å². The van der Waals surface area contributed by atoms with Crippen molar-refractivity contribution in [2.75, 3.05) is 0 Å². The van der Waals surface area contributed by atoms with Gasteiger partial charge < -0.3 is 4.98 Å². The zero-order valence-electron chi connectivity index (χ0n) is 6.66. The third-order valence-corrected chi connectivity index (χ3v) is 1.82. The molecule has 0 fully saturated rings. The normalized spacial score (nSPS) is 9.62. The minimum absolute atomic E-state index is 0. The van der Waals surface area contributed by atoms with Gasteiger partial charge >= 0.3 is 5.69 Å². The number of fused-ring (bicyclic) bond motifs is 1. The molecule has 0 aliphatic heterocycles. The number of hydrogen-bond donors (Lipinski definition) is 1. The van der Waals surface area contributed by atoms with Gasteiger partial charge in [-0.25, -0.2) is 4.79 Å². The number of H-pyrrole nitrogens is 1. The van der Waals surface area contributed by atoms with Crippen LogP contribution in [0.3, 0.4) is 0 Å². The fourth-order valence-corrected chi connectivity index (χ4v) is 1.25. The van der Waals surface area contributed by atoms with Gasteiger partial charge in [0.2, 0.25) is 0 Å². The van der Waals surface area contributed by atoms with Gasteiger partial charge in [0.25, 0.3) is 0 Å². The Bertz CT molecular complexity index is 474. The van der Waals surface area contributed by atoms with Crippen molar-refractivity contribution >= 4 is 10.9 Å². The first-order valence-corrected chi connectivity index (χ1v) is 3.73. The molecule has 0 amide bonds. The van der Waals surface area contributed by atoms with Crippen molar-refractivity contribution in [3.63, 3.8) is 0 Å². The maximum atomic E-state index is 10.9. The number of benzene rings is 1. The number of aromatic amines is 1. The molecule has 1 aromatic heterocycles. The standard InChI is InChI=1S/C9H8N2O.CH4/c1-6-7-4-2-3-5-8(7)11-9(12)10-6;/h2-5H,1H3,(H,10,11,12);1H4. The van der Waals surface area contributed by atoms with Gasteiger partial charge in [-0.3, -0.25) is 0 Å². The Morgan fingerprint density at radius 3 is 2.77 bits per heavy atom. The highest BCUT2D eigenvalue weighted by Gasteiger charge is 1.97. The van der Waals surface area contributed by atoms with E-state index >= 15 is 0 Å². The summed E-state index contributed by atoms with van der Waals surface area (Å²) >= 11 is 0. The van der Waals surface area contributed by atoms with Gasteiger partial charge in [0, 0.05) is 11.1 Å². The average Bonchev–Trinajstić information content (AvgIpc) is 2.04. The molecule has 1 N–H and O–H groups in total. The second-order valence-corrected chi connectivity index (χ2v) is 2.68. The van der Waals surface area contributed by atoms with Crippen LogP contribution in [0.25, 0.3) is 10.9 Å². The monoisotopic (exact) mass is 176 g/mol. The van der Waals surface area contributed by atoms with Gasteiger partial charge in [-0.2, -0.15) is 4.98 Å². The van der Waals surface area contributed by atoms with E-state index in [-0.39, 0.29) is 13.1 Å². The summed E-state index contributed by atoms with van der Waals surface area (Å²) < 4.78 is 0. The molecule has 0 saturated heterocycles. The molecular weight excluding hydrogens is 164 g/mol. The molecule has 0 saturated carbocycles. The molecule has 0 radical (unpaired) electrons. The lowest BCUT2D eigenvalue weighted by atomic mass is 10.2. The lowest BCUT2D eigenvalue weighted by Crippen LogP contribution is -2.11. The summed E-state index contributed by atoms with van der Waals surface area (Å²) in [7, 11) is 0. The summed E-state index contributed by atoms with van der Waals surface area (Å²) in [5, 5.41) is 0.997. The Hall–Kier alpha value is -1.64. The molecule has 0 unspecified atom stereocenters. The van der Waals surface area contributed by atoms with Gasteiger partial charge in [-0.15, -0.1) is 0 Å². The number of hydrogen-bond acceptors (Lipinski definition) is 2. The first-order valence-electron chi connectivity index (χ1n) is 3.73. The second-order valence-electron chi connectivity index (χ2n) is 2.68. The highest BCUT2D eigenvalue weighted by Crippen LogP contribution is 2.10. The molecule has 0 aliphatic rings. The number of aryl methyl sites for hydroxylation is 1. The van der Waals surface area contributed by atoms with E-state index in [9.17, 15) is 4.79 Å². The lowest BCUT2D eigenvalue weighted by Gasteiger charge is -1.97. The van der Waals surface area contributed by atoms with Crippen molar-refractivity contribution in [1.29, 1.82) is 0 Å². The van der Waals surface area contributed by atoms with Crippen molar-refractivity contribution in [3.8, 4) is 0 Å². The highest BCUT2D eigenvalue weighted by molar-refractivity contribution is 5.80. The van der Waals surface area contributed by atoms with Crippen LogP contribution in [-0.4, -0.2) is 9.97 Å². The van der Waals surface area contributed by atoms with Crippen LogP contribution in [0.4, 0.5) is 0 Å². The van der Waals surface area contributed by atoms with Crippen molar-refractivity contribution < 1.29 is 0 Å². The smallest absolute Gasteiger partial charge is 0.309 e. The van der Waals surface area contributed by atoms with Gasteiger partial charge in [0.05, 0.1) is 5.52 Å². The second kappa shape index (κ2) is 3.39. The molecular formula is C10H12N2O. The molecule has 1 heterocycles. The van der Waals surface area contributed by atoms with E-state index in [1.54, 1.807) is 0 Å². The fraction of sp³-hybridized carbons (Fsp3) is 0.200. The largest absolute Gasteiger partial charge is 0.345 e. The third-order valence-electron chi connectivity index (χ3n) is 1.82. The summed E-state index contributed by atoms with van der Waals surface area (Å²) in [6.07, 6.45) is 0. The maximum Gasteiger partial charge on any atom is 0.345 e. The zero-order chi connectivity index (χ0) is 8.55. The summed E-state index contributed by atoms with van der Waals surface area (Å²) in [4.78, 5) is 17.4. The summed E-state index contributed by atoms with van der Waals surface area (Å²) in [6.45, 7) is 1.87. The van der Waals surface area contributed by atoms with Gasteiger partial charge in [0.1, 0.15) is 0 Å². The van der Waals surface area contributed by atoms with E-state index in [4.69, 9.17) is 0 Å². The topological polar surface area (TPSA) is 45.8 Å². The summed E-state index contributed by atoms with van der Waals surface area (Å²) in [6, 6.07) is 7.56. The molecule has 2 aromatic rings. The Balaban J connectivity index is 0.000000845. The molecule has 0 atom stereocenters. The molecule has 0 bridgehead atoms.